The van der Waals surface area contributed by atoms with Gasteiger partial charge in [-0.15, -0.1) is 0 Å². The summed E-state index contributed by atoms with van der Waals surface area (Å²) in [7, 11) is 0. The Hall–Kier alpha value is -7.43. The molecule has 0 aliphatic heterocycles. The van der Waals surface area contributed by atoms with E-state index in [0.29, 0.717) is 17.5 Å². The van der Waals surface area contributed by atoms with Gasteiger partial charge < -0.3 is 4.42 Å². The molecule has 0 aliphatic rings. The van der Waals surface area contributed by atoms with Gasteiger partial charge in [-0.25, -0.2) is 15.0 Å². The number of aromatic nitrogens is 3. The summed E-state index contributed by atoms with van der Waals surface area (Å²) < 4.78 is 6.57. The van der Waals surface area contributed by atoms with Gasteiger partial charge >= 0.3 is 0 Å². The minimum absolute atomic E-state index is 0.636. The van der Waals surface area contributed by atoms with Crippen molar-refractivity contribution >= 4 is 54.3 Å². The molecule has 0 radical (unpaired) electrons. The second-order valence-electron chi connectivity index (χ2n) is 14.0. The number of hydrogen-bond donors (Lipinski definition) is 0. The molecule has 256 valence electrons. The van der Waals surface area contributed by atoms with Gasteiger partial charge in [-0.3, -0.25) is 0 Å². The van der Waals surface area contributed by atoms with E-state index in [9.17, 15) is 0 Å². The summed E-state index contributed by atoms with van der Waals surface area (Å²) in [5.41, 5.74) is 9.19. The molecule has 4 nitrogen and oxygen atoms in total. The Kier molecular flexibility index (Phi) is 7.14. The molecule has 0 N–H and O–H groups in total. The molecular weight excluding hydrogens is 671 g/mol. The molecule has 0 unspecified atom stereocenters. The van der Waals surface area contributed by atoms with E-state index in [0.717, 1.165) is 65.9 Å². The molecule has 0 bridgehead atoms. The van der Waals surface area contributed by atoms with E-state index in [1.165, 1.54) is 27.3 Å². The summed E-state index contributed by atoms with van der Waals surface area (Å²) >= 11 is 0. The lowest BCUT2D eigenvalue weighted by Gasteiger charge is -2.13. The number of fused-ring (bicyclic) bond motifs is 7. The van der Waals surface area contributed by atoms with Crippen LogP contribution in [0, 0.1) is 0 Å². The van der Waals surface area contributed by atoms with Crippen LogP contribution in [-0.4, -0.2) is 15.0 Å². The molecule has 2 heterocycles. The normalized spacial score (nSPS) is 11.6. The summed E-state index contributed by atoms with van der Waals surface area (Å²) in [5.74, 6) is 1.92. The Balaban J connectivity index is 1.09. The van der Waals surface area contributed by atoms with E-state index in [-0.39, 0.29) is 0 Å². The van der Waals surface area contributed by atoms with Crippen LogP contribution in [0.5, 0.6) is 0 Å². The fraction of sp³-hybridized carbons (Fsp3) is 0. The lowest BCUT2D eigenvalue weighted by atomic mass is 9.92. The van der Waals surface area contributed by atoms with Gasteiger partial charge in [-0.2, -0.15) is 0 Å². The fourth-order valence-electron chi connectivity index (χ4n) is 8.08. The minimum atomic E-state index is 0.636. The van der Waals surface area contributed by atoms with Gasteiger partial charge in [-0.1, -0.05) is 158 Å². The third-order valence-corrected chi connectivity index (χ3v) is 10.7. The highest BCUT2D eigenvalue weighted by molar-refractivity contribution is 6.22. The lowest BCUT2D eigenvalue weighted by molar-refractivity contribution is 0.669. The average Bonchev–Trinajstić information content (AvgIpc) is 3.64. The maximum Gasteiger partial charge on any atom is 0.164 e. The predicted octanol–water partition coefficient (Wildman–Crippen LogP) is 13.6. The van der Waals surface area contributed by atoms with Crippen molar-refractivity contribution in [2.75, 3.05) is 0 Å². The maximum absolute atomic E-state index is 6.57. The molecule has 0 fully saturated rings. The third kappa shape index (κ3) is 5.26. The lowest BCUT2D eigenvalue weighted by Crippen LogP contribution is -2.00. The number of benzene rings is 9. The van der Waals surface area contributed by atoms with Crippen LogP contribution < -0.4 is 0 Å². The van der Waals surface area contributed by atoms with Crippen LogP contribution in [0.1, 0.15) is 0 Å². The van der Waals surface area contributed by atoms with Crippen molar-refractivity contribution in [3.05, 3.63) is 188 Å². The Labute approximate surface area is 317 Å². The van der Waals surface area contributed by atoms with Crippen LogP contribution in [0.15, 0.2) is 192 Å². The van der Waals surface area contributed by atoms with Crippen LogP contribution in [0.4, 0.5) is 0 Å². The monoisotopic (exact) mass is 701 g/mol. The molecule has 0 saturated carbocycles. The first kappa shape index (κ1) is 31.1. The number of hydrogen-bond acceptors (Lipinski definition) is 4. The second kappa shape index (κ2) is 12.6. The summed E-state index contributed by atoms with van der Waals surface area (Å²) in [6, 6.07) is 65.7. The first-order valence-electron chi connectivity index (χ1n) is 18.5. The largest absolute Gasteiger partial charge is 0.456 e. The summed E-state index contributed by atoms with van der Waals surface area (Å²) in [5, 5.41) is 9.14. The zero-order chi connectivity index (χ0) is 36.3. The van der Waals surface area contributed by atoms with E-state index in [1.54, 1.807) is 0 Å². The van der Waals surface area contributed by atoms with Crippen molar-refractivity contribution in [1.29, 1.82) is 0 Å². The van der Waals surface area contributed by atoms with Gasteiger partial charge in [0.25, 0.3) is 0 Å². The quantitative estimate of drug-likeness (QED) is 0.179. The topological polar surface area (TPSA) is 51.8 Å². The molecule has 0 spiro atoms. The van der Waals surface area contributed by atoms with Gasteiger partial charge in [0.1, 0.15) is 11.2 Å². The summed E-state index contributed by atoms with van der Waals surface area (Å²) in [6.45, 7) is 0. The minimum Gasteiger partial charge on any atom is -0.456 e. The molecular formula is C51H31N3O. The number of rotatable bonds is 5. The van der Waals surface area contributed by atoms with Crippen LogP contribution in [0.2, 0.25) is 0 Å². The zero-order valence-corrected chi connectivity index (χ0v) is 29.6. The average molecular weight is 702 g/mol. The zero-order valence-electron chi connectivity index (χ0n) is 29.6. The Morgan fingerprint density at radius 1 is 0.291 bits per heavy atom. The Morgan fingerprint density at radius 3 is 1.62 bits per heavy atom. The molecule has 0 amide bonds. The van der Waals surface area contributed by atoms with E-state index in [1.807, 2.05) is 30.3 Å². The summed E-state index contributed by atoms with van der Waals surface area (Å²) in [6.07, 6.45) is 0. The molecule has 0 aliphatic carbocycles. The van der Waals surface area contributed by atoms with Crippen LogP contribution in [0.3, 0.4) is 0 Å². The molecule has 0 atom stereocenters. The highest BCUT2D eigenvalue weighted by Crippen LogP contribution is 2.42. The SMILES string of the molecule is c1ccc(-c2nc(-c3ccc4ccccc4c3)nc(-c3ccc(-c4ccc5oc6cc(-c7ccccc7)c7ccccc7c6c5c4)c4ccccc34)n2)cc1. The standard InChI is InChI=1S/C51H31N3O/c1-3-14-33(15-4-1)44-31-47-48(42-22-12-11-21-41(42)44)45-30-36(25-28-46(45)55-47)38-26-27-43(40-20-10-9-19-39(38)40)51-53-49(34-16-5-2-6-17-34)52-50(54-51)37-24-23-32-13-7-8-18-35(32)29-37/h1-31H. The Bertz CT molecular complexity index is 3260. The van der Waals surface area contributed by atoms with Gasteiger partial charge in [0, 0.05) is 27.5 Å². The molecule has 0 saturated heterocycles. The van der Waals surface area contributed by atoms with E-state index in [4.69, 9.17) is 19.4 Å². The number of nitrogens with zero attached hydrogens (tertiary/aromatic N) is 3. The highest BCUT2D eigenvalue weighted by Gasteiger charge is 2.19. The molecule has 2 aromatic heterocycles. The van der Waals surface area contributed by atoms with Gasteiger partial charge in [-0.05, 0) is 84.9 Å². The van der Waals surface area contributed by atoms with Crippen molar-refractivity contribution in [2.45, 2.75) is 0 Å². The smallest absolute Gasteiger partial charge is 0.164 e. The number of furan rings is 1. The first-order valence-corrected chi connectivity index (χ1v) is 18.5. The third-order valence-electron chi connectivity index (χ3n) is 10.7. The molecule has 4 heteroatoms. The predicted molar refractivity (Wildman–Crippen MR) is 227 cm³/mol. The van der Waals surface area contributed by atoms with Crippen molar-refractivity contribution in [3.63, 3.8) is 0 Å². The van der Waals surface area contributed by atoms with Gasteiger partial charge in [0.15, 0.2) is 17.5 Å². The summed E-state index contributed by atoms with van der Waals surface area (Å²) in [4.78, 5) is 15.3. The second-order valence-corrected chi connectivity index (χ2v) is 14.0. The van der Waals surface area contributed by atoms with E-state index < -0.39 is 0 Å². The van der Waals surface area contributed by atoms with Crippen molar-refractivity contribution in [2.24, 2.45) is 0 Å². The van der Waals surface area contributed by atoms with E-state index in [2.05, 4.69) is 158 Å². The van der Waals surface area contributed by atoms with Crippen molar-refractivity contribution in [1.82, 2.24) is 15.0 Å². The van der Waals surface area contributed by atoms with Crippen LogP contribution in [-0.2, 0) is 0 Å². The molecule has 11 aromatic rings. The molecule has 11 rings (SSSR count). The van der Waals surface area contributed by atoms with Crippen LogP contribution in [0.25, 0.3) is 111 Å². The maximum atomic E-state index is 6.57. The molecule has 9 aromatic carbocycles. The van der Waals surface area contributed by atoms with Gasteiger partial charge in [0.05, 0.1) is 0 Å². The van der Waals surface area contributed by atoms with Crippen LogP contribution >= 0.6 is 0 Å². The van der Waals surface area contributed by atoms with Crippen molar-refractivity contribution < 1.29 is 4.42 Å². The Morgan fingerprint density at radius 2 is 0.855 bits per heavy atom. The van der Waals surface area contributed by atoms with E-state index >= 15 is 0 Å². The van der Waals surface area contributed by atoms with Gasteiger partial charge in [0.2, 0.25) is 0 Å². The fourth-order valence-corrected chi connectivity index (χ4v) is 8.08. The highest BCUT2D eigenvalue weighted by atomic mass is 16.3. The first-order chi connectivity index (χ1) is 27.2. The van der Waals surface area contributed by atoms with Crippen molar-refractivity contribution in [3.8, 4) is 56.4 Å². The molecule has 55 heavy (non-hydrogen) atoms.